The lowest BCUT2D eigenvalue weighted by molar-refractivity contribution is 0.0907. The third-order valence-corrected chi connectivity index (χ3v) is 3.58. The topological polar surface area (TPSA) is 47.4 Å². The number of imidazole rings is 1. The van der Waals surface area contributed by atoms with Crippen molar-refractivity contribution in [1.29, 1.82) is 0 Å². The minimum atomic E-state index is 0.115. The number of carbonyl (C=O) groups excluding carboxylic acids is 1. The fourth-order valence-electron chi connectivity index (χ4n) is 2.45. The van der Waals surface area contributed by atoms with Crippen molar-refractivity contribution in [2.24, 2.45) is 0 Å². The van der Waals surface area contributed by atoms with E-state index in [0.29, 0.717) is 17.9 Å². The molecule has 1 aliphatic rings. The van der Waals surface area contributed by atoms with Crippen LogP contribution < -0.4 is 4.74 Å². The van der Waals surface area contributed by atoms with Crippen LogP contribution in [0.4, 0.5) is 0 Å². The number of nitrogens with zero attached hydrogens (tertiary/aromatic N) is 3. The molecule has 0 saturated heterocycles. The van der Waals surface area contributed by atoms with Crippen LogP contribution in [0.5, 0.6) is 5.75 Å². The van der Waals surface area contributed by atoms with Crippen LogP contribution in [-0.2, 0) is 13.1 Å². The van der Waals surface area contributed by atoms with Crippen LogP contribution >= 0.6 is 0 Å². The van der Waals surface area contributed by atoms with Crippen LogP contribution in [0.25, 0.3) is 0 Å². The van der Waals surface area contributed by atoms with Crippen LogP contribution in [-0.4, -0.2) is 40.4 Å². The van der Waals surface area contributed by atoms with Gasteiger partial charge >= 0.3 is 0 Å². The van der Waals surface area contributed by atoms with E-state index < -0.39 is 0 Å². The number of methoxy groups -OCH3 is 1. The molecule has 20 heavy (non-hydrogen) atoms. The van der Waals surface area contributed by atoms with Gasteiger partial charge in [0.1, 0.15) is 11.6 Å². The molecule has 5 heteroatoms. The number of aromatic nitrogens is 2. The first-order chi connectivity index (χ1) is 9.76. The zero-order chi connectivity index (χ0) is 13.9. The van der Waals surface area contributed by atoms with Gasteiger partial charge in [-0.2, -0.15) is 0 Å². The molecule has 0 aliphatic carbocycles. The molecule has 0 amide bonds. The fourth-order valence-corrected chi connectivity index (χ4v) is 2.45. The number of rotatable bonds is 4. The standard InChI is InChI=1S/C15H17N3O2/c1-20-13-4-2-3-12(9-13)14(19)10-17-7-8-18-6-5-16-15(18)11-17/h2-6,9H,7-8,10-11H2,1H3. The first-order valence-electron chi connectivity index (χ1n) is 6.66. The summed E-state index contributed by atoms with van der Waals surface area (Å²) in [5.41, 5.74) is 0.693. The van der Waals surface area contributed by atoms with E-state index in [9.17, 15) is 4.79 Å². The van der Waals surface area contributed by atoms with Crippen LogP contribution in [0.15, 0.2) is 36.7 Å². The SMILES string of the molecule is COc1cccc(C(=O)CN2CCn3ccnc3C2)c1. The normalized spacial score (nSPS) is 14.8. The van der Waals surface area contributed by atoms with Crippen molar-refractivity contribution in [3.8, 4) is 5.75 Å². The number of hydrogen-bond acceptors (Lipinski definition) is 4. The van der Waals surface area contributed by atoms with Gasteiger partial charge in [0, 0.05) is 31.0 Å². The van der Waals surface area contributed by atoms with E-state index in [1.165, 1.54) is 0 Å². The minimum Gasteiger partial charge on any atom is -0.497 e. The number of ketones is 1. The van der Waals surface area contributed by atoms with Gasteiger partial charge in [-0.25, -0.2) is 4.98 Å². The Hall–Kier alpha value is -2.14. The smallest absolute Gasteiger partial charge is 0.176 e. The highest BCUT2D eigenvalue weighted by Crippen LogP contribution is 2.15. The Morgan fingerprint density at radius 3 is 3.15 bits per heavy atom. The van der Waals surface area contributed by atoms with Gasteiger partial charge < -0.3 is 9.30 Å². The molecule has 0 bridgehead atoms. The largest absolute Gasteiger partial charge is 0.497 e. The predicted octanol–water partition coefficient (Wildman–Crippen LogP) is 1.59. The molecule has 104 valence electrons. The van der Waals surface area contributed by atoms with Crippen LogP contribution in [0, 0.1) is 0 Å². The van der Waals surface area contributed by atoms with Crippen molar-refractivity contribution in [2.75, 3.05) is 20.2 Å². The summed E-state index contributed by atoms with van der Waals surface area (Å²) in [7, 11) is 1.61. The van der Waals surface area contributed by atoms with E-state index in [1.54, 1.807) is 13.2 Å². The van der Waals surface area contributed by atoms with Crippen molar-refractivity contribution in [1.82, 2.24) is 14.5 Å². The summed E-state index contributed by atoms with van der Waals surface area (Å²) in [5, 5.41) is 0. The quantitative estimate of drug-likeness (QED) is 0.792. The van der Waals surface area contributed by atoms with Gasteiger partial charge in [-0.3, -0.25) is 9.69 Å². The number of carbonyl (C=O) groups is 1. The van der Waals surface area contributed by atoms with Crippen molar-refractivity contribution < 1.29 is 9.53 Å². The summed E-state index contributed by atoms with van der Waals surface area (Å²) in [6.07, 6.45) is 3.79. The number of Topliss-reactive ketones (excluding diaryl/α,β-unsaturated/α-hetero) is 1. The molecule has 0 fully saturated rings. The first kappa shape index (κ1) is 12.9. The molecular formula is C15H17N3O2. The molecule has 1 aromatic carbocycles. The Kier molecular flexibility index (Phi) is 3.52. The molecule has 0 N–H and O–H groups in total. The molecule has 5 nitrogen and oxygen atoms in total. The van der Waals surface area contributed by atoms with E-state index in [0.717, 1.165) is 25.5 Å². The van der Waals surface area contributed by atoms with E-state index >= 15 is 0 Å². The summed E-state index contributed by atoms with van der Waals surface area (Å²) < 4.78 is 7.28. The molecule has 0 atom stereocenters. The van der Waals surface area contributed by atoms with Gasteiger partial charge in [-0.05, 0) is 12.1 Å². The lowest BCUT2D eigenvalue weighted by Gasteiger charge is -2.26. The molecule has 1 aromatic heterocycles. The third kappa shape index (κ3) is 2.58. The Bertz CT molecular complexity index is 621. The van der Waals surface area contributed by atoms with E-state index in [1.807, 2.05) is 30.6 Å². The summed E-state index contributed by atoms with van der Waals surface area (Å²) in [6.45, 7) is 2.91. The molecular weight excluding hydrogens is 254 g/mol. The summed E-state index contributed by atoms with van der Waals surface area (Å²) >= 11 is 0. The van der Waals surface area contributed by atoms with E-state index in [4.69, 9.17) is 4.74 Å². The maximum absolute atomic E-state index is 12.3. The molecule has 0 radical (unpaired) electrons. The zero-order valence-corrected chi connectivity index (χ0v) is 11.5. The molecule has 3 rings (SSSR count). The van der Waals surface area contributed by atoms with Crippen LogP contribution in [0.1, 0.15) is 16.2 Å². The average molecular weight is 271 g/mol. The van der Waals surface area contributed by atoms with Gasteiger partial charge in [0.05, 0.1) is 20.2 Å². The number of ether oxygens (including phenoxy) is 1. The van der Waals surface area contributed by atoms with Gasteiger partial charge in [-0.1, -0.05) is 12.1 Å². The lowest BCUT2D eigenvalue weighted by atomic mass is 10.1. The van der Waals surface area contributed by atoms with E-state index in [2.05, 4.69) is 14.5 Å². The van der Waals surface area contributed by atoms with Gasteiger partial charge in [0.15, 0.2) is 5.78 Å². The van der Waals surface area contributed by atoms with Crippen LogP contribution in [0.3, 0.4) is 0 Å². The fraction of sp³-hybridized carbons (Fsp3) is 0.333. The Balaban J connectivity index is 1.67. The Labute approximate surface area is 117 Å². The third-order valence-electron chi connectivity index (χ3n) is 3.58. The zero-order valence-electron chi connectivity index (χ0n) is 11.5. The molecule has 0 saturated carbocycles. The van der Waals surface area contributed by atoms with Gasteiger partial charge in [0.25, 0.3) is 0 Å². The maximum atomic E-state index is 12.3. The summed E-state index contributed by atoms with van der Waals surface area (Å²) in [4.78, 5) is 18.7. The molecule has 0 unspecified atom stereocenters. The van der Waals surface area contributed by atoms with E-state index in [-0.39, 0.29) is 5.78 Å². The predicted molar refractivity (Wildman–Crippen MR) is 74.8 cm³/mol. The summed E-state index contributed by atoms with van der Waals surface area (Å²) in [6, 6.07) is 7.30. The monoisotopic (exact) mass is 271 g/mol. The highest BCUT2D eigenvalue weighted by molar-refractivity contribution is 5.97. The number of hydrogen-bond donors (Lipinski definition) is 0. The van der Waals surface area contributed by atoms with Gasteiger partial charge in [0.2, 0.25) is 0 Å². The number of benzene rings is 1. The minimum absolute atomic E-state index is 0.115. The van der Waals surface area contributed by atoms with Crippen LogP contribution in [0.2, 0.25) is 0 Å². The van der Waals surface area contributed by atoms with Gasteiger partial charge in [-0.15, -0.1) is 0 Å². The van der Waals surface area contributed by atoms with Crippen molar-refractivity contribution in [3.63, 3.8) is 0 Å². The average Bonchev–Trinajstić information content (AvgIpc) is 2.95. The van der Waals surface area contributed by atoms with Crippen molar-refractivity contribution in [2.45, 2.75) is 13.1 Å². The Morgan fingerprint density at radius 1 is 1.40 bits per heavy atom. The summed E-state index contributed by atoms with van der Waals surface area (Å²) in [5.74, 6) is 1.85. The highest BCUT2D eigenvalue weighted by Gasteiger charge is 2.19. The molecule has 1 aliphatic heterocycles. The van der Waals surface area contributed by atoms with Crippen molar-refractivity contribution >= 4 is 5.78 Å². The molecule has 0 spiro atoms. The highest BCUT2D eigenvalue weighted by atomic mass is 16.5. The second-order valence-electron chi connectivity index (χ2n) is 4.90. The first-order valence-corrected chi connectivity index (χ1v) is 6.66. The second kappa shape index (κ2) is 5.46. The maximum Gasteiger partial charge on any atom is 0.176 e. The lowest BCUT2D eigenvalue weighted by Crippen LogP contribution is -2.37. The Morgan fingerprint density at radius 2 is 2.30 bits per heavy atom. The molecule has 2 aromatic rings. The number of fused-ring (bicyclic) bond motifs is 1. The van der Waals surface area contributed by atoms with Crippen molar-refractivity contribution in [3.05, 3.63) is 48.0 Å². The second-order valence-corrected chi connectivity index (χ2v) is 4.90. The molecule has 2 heterocycles.